The van der Waals surface area contributed by atoms with Gasteiger partial charge in [-0.15, -0.1) is 0 Å². The number of amides is 1. The third-order valence-electron chi connectivity index (χ3n) is 6.40. The number of rotatable bonds is 10. The van der Waals surface area contributed by atoms with Crippen LogP contribution in [0.5, 0.6) is 0 Å². The Kier molecular flexibility index (Phi) is 8.03. The number of hydrogen-bond acceptors (Lipinski definition) is 3. The molecule has 0 heterocycles. The van der Waals surface area contributed by atoms with Crippen molar-refractivity contribution in [3.8, 4) is 6.07 Å². The average Bonchev–Trinajstić information content (AvgIpc) is 2.78. The predicted molar refractivity (Wildman–Crippen MR) is 126 cm³/mol. The highest BCUT2D eigenvalue weighted by Gasteiger charge is 2.26. The summed E-state index contributed by atoms with van der Waals surface area (Å²) in [5.41, 5.74) is 12.2. The minimum Gasteiger partial charge on any atom is -0.370 e. The second-order valence-electron chi connectivity index (χ2n) is 8.55. The van der Waals surface area contributed by atoms with Crippen molar-refractivity contribution < 1.29 is 4.79 Å². The fourth-order valence-corrected chi connectivity index (χ4v) is 4.61. The number of primary amides is 1. The van der Waals surface area contributed by atoms with Crippen LogP contribution < -0.4 is 5.73 Å². The van der Waals surface area contributed by atoms with E-state index < -0.39 is 0 Å². The van der Waals surface area contributed by atoms with E-state index in [0.29, 0.717) is 18.0 Å². The molecule has 0 spiro atoms. The van der Waals surface area contributed by atoms with Gasteiger partial charge in [0.15, 0.2) is 0 Å². The number of carbonyl (C=O) groups is 1. The zero-order chi connectivity index (χ0) is 22.2. The lowest BCUT2D eigenvalue weighted by atomic mass is 9.84. The van der Waals surface area contributed by atoms with Crippen LogP contribution in [0.1, 0.15) is 66.0 Å². The molecule has 31 heavy (non-hydrogen) atoms. The van der Waals surface area contributed by atoms with Crippen LogP contribution >= 0.6 is 0 Å². The third kappa shape index (κ3) is 6.06. The Hall–Kier alpha value is -2.90. The normalized spacial score (nSPS) is 15.3. The van der Waals surface area contributed by atoms with Gasteiger partial charge in [0.2, 0.25) is 5.91 Å². The topological polar surface area (TPSA) is 70.1 Å². The van der Waals surface area contributed by atoms with Gasteiger partial charge < -0.3 is 5.73 Å². The van der Waals surface area contributed by atoms with E-state index in [9.17, 15) is 10.1 Å². The molecular weight excluding hydrogens is 382 g/mol. The summed E-state index contributed by atoms with van der Waals surface area (Å²) < 4.78 is 0. The summed E-state index contributed by atoms with van der Waals surface area (Å²) >= 11 is 0. The molecule has 3 rings (SSSR count). The molecule has 0 saturated heterocycles. The third-order valence-corrected chi connectivity index (χ3v) is 6.40. The van der Waals surface area contributed by atoms with Crippen molar-refractivity contribution in [3.63, 3.8) is 0 Å². The van der Waals surface area contributed by atoms with Gasteiger partial charge in [-0.3, -0.25) is 9.69 Å². The molecule has 2 aromatic rings. The Morgan fingerprint density at radius 1 is 1.23 bits per heavy atom. The molecule has 0 aromatic heterocycles. The molecule has 2 aromatic carbocycles. The zero-order valence-electron chi connectivity index (χ0n) is 18.6. The molecule has 1 aliphatic carbocycles. The van der Waals surface area contributed by atoms with Crippen molar-refractivity contribution in [2.24, 2.45) is 5.73 Å². The summed E-state index contributed by atoms with van der Waals surface area (Å²) in [5.74, 6) is -0.222. The van der Waals surface area contributed by atoms with Crippen LogP contribution in [0, 0.1) is 18.3 Å². The quantitative estimate of drug-likeness (QED) is 0.433. The maximum Gasteiger partial charge on any atom is 0.217 e. The molecule has 0 radical (unpaired) electrons. The number of benzene rings is 2. The van der Waals surface area contributed by atoms with Crippen molar-refractivity contribution in [2.45, 2.75) is 57.9 Å². The van der Waals surface area contributed by atoms with Crippen LogP contribution in [0.2, 0.25) is 0 Å². The molecule has 4 heteroatoms. The second kappa shape index (κ2) is 10.9. The SMILES string of the molecule is C=C(C#N)c1ccc2c(c1)CCCC2N(CCCCC(N)=O)CCc1ccccc1C. The second-order valence-corrected chi connectivity index (χ2v) is 8.55. The van der Waals surface area contributed by atoms with Crippen LogP contribution in [0.3, 0.4) is 0 Å². The summed E-state index contributed by atoms with van der Waals surface area (Å²) in [6.45, 7) is 7.98. The van der Waals surface area contributed by atoms with E-state index >= 15 is 0 Å². The molecule has 1 amide bonds. The molecule has 1 atom stereocenters. The maximum absolute atomic E-state index is 11.1. The highest BCUT2D eigenvalue weighted by atomic mass is 16.1. The number of nitrogens with two attached hydrogens (primary N) is 1. The van der Waals surface area contributed by atoms with Gasteiger partial charge in [-0.05, 0) is 79.8 Å². The number of nitriles is 1. The van der Waals surface area contributed by atoms with E-state index in [2.05, 4.69) is 60.9 Å². The summed E-state index contributed by atoms with van der Waals surface area (Å²) in [4.78, 5) is 13.7. The van der Waals surface area contributed by atoms with E-state index in [1.54, 1.807) is 0 Å². The molecule has 0 fully saturated rings. The average molecular weight is 416 g/mol. The fourth-order valence-electron chi connectivity index (χ4n) is 4.61. The molecule has 2 N–H and O–H groups in total. The van der Waals surface area contributed by atoms with Crippen molar-refractivity contribution >= 4 is 11.5 Å². The molecule has 1 unspecified atom stereocenters. The number of hydrogen-bond donors (Lipinski definition) is 1. The van der Waals surface area contributed by atoms with Crippen molar-refractivity contribution in [1.82, 2.24) is 4.90 Å². The minimum atomic E-state index is -0.222. The molecular formula is C27H33N3O. The van der Waals surface area contributed by atoms with Crippen LogP contribution in [0.25, 0.3) is 5.57 Å². The highest BCUT2D eigenvalue weighted by Crippen LogP contribution is 2.36. The number of carbonyl (C=O) groups excluding carboxylic acids is 1. The maximum atomic E-state index is 11.1. The minimum absolute atomic E-state index is 0.222. The predicted octanol–water partition coefficient (Wildman–Crippen LogP) is 5.11. The van der Waals surface area contributed by atoms with E-state index in [1.165, 1.54) is 22.3 Å². The molecule has 0 bridgehead atoms. The molecule has 4 nitrogen and oxygen atoms in total. The van der Waals surface area contributed by atoms with Gasteiger partial charge >= 0.3 is 0 Å². The molecule has 0 aliphatic heterocycles. The van der Waals surface area contributed by atoms with Crippen molar-refractivity contribution in [3.05, 3.63) is 76.9 Å². The number of nitrogens with zero attached hydrogens (tertiary/aromatic N) is 2. The Balaban J connectivity index is 1.79. The van der Waals surface area contributed by atoms with Gasteiger partial charge in [0.25, 0.3) is 0 Å². The number of aryl methyl sites for hydroxylation is 2. The Morgan fingerprint density at radius 3 is 2.77 bits per heavy atom. The van der Waals surface area contributed by atoms with E-state index in [4.69, 9.17) is 5.73 Å². The summed E-state index contributed by atoms with van der Waals surface area (Å²) in [6.07, 6.45) is 6.58. The number of allylic oxidation sites excluding steroid dienone is 1. The van der Waals surface area contributed by atoms with E-state index in [-0.39, 0.29) is 5.91 Å². The summed E-state index contributed by atoms with van der Waals surface area (Å²) in [6, 6.07) is 17.5. The smallest absolute Gasteiger partial charge is 0.217 e. The summed E-state index contributed by atoms with van der Waals surface area (Å²) in [7, 11) is 0. The number of unbranched alkanes of at least 4 members (excludes halogenated alkanes) is 1. The van der Waals surface area contributed by atoms with Gasteiger partial charge in [-0.1, -0.05) is 49.0 Å². The lowest BCUT2D eigenvalue weighted by Crippen LogP contribution is -2.34. The lowest BCUT2D eigenvalue weighted by Gasteiger charge is -2.36. The highest BCUT2D eigenvalue weighted by molar-refractivity contribution is 5.75. The van der Waals surface area contributed by atoms with Crippen LogP contribution in [0.4, 0.5) is 0 Å². The zero-order valence-corrected chi connectivity index (χ0v) is 18.6. The first kappa shape index (κ1) is 22.8. The van der Waals surface area contributed by atoms with Gasteiger partial charge in [0.1, 0.15) is 0 Å². The molecule has 0 saturated carbocycles. The van der Waals surface area contributed by atoms with Crippen LogP contribution in [-0.4, -0.2) is 23.9 Å². The first-order chi connectivity index (χ1) is 15.0. The van der Waals surface area contributed by atoms with Crippen molar-refractivity contribution in [2.75, 3.05) is 13.1 Å². The van der Waals surface area contributed by atoms with Crippen LogP contribution in [0.15, 0.2) is 49.0 Å². The Morgan fingerprint density at radius 2 is 2.03 bits per heavy atom. The lowest BCUT2D eigenvalue weighted by molar-refractivity contribution is -0.118. The van der Waals surface area contributed by atoms with Gasteiger partial charge in [0.05, 0.1) is 11.6 Å². The monoisotopic (exact) mass is 415 g/mol. The summed E-state index contributed by atoms with van der Waals surface area (Å²) in [5, 5.41) is 9.20. The Bertz CT molecular complexity index is 973. The number of fused-ring (bicyclic) bond motifs is 1. The van der Waals surface area contributed by atoms with Gasteiger partial charge in [-0.25, -0.2) is 0 Å². The molecule has 1 aliphatic rings. The van der Waals surface area contributed by atoms with Gasteiger partial charge in [0, 0.05) is 19.0 Å². The van der Waals surface area contributed by atoms with E-state index in [0.717, 1.165) is 57.2 Å². The van der Waals surface area contributed by atoms with Crippen molar-refractivity contribution in [1.29, 1.82) is 5.26 Å². The first-order valence-corrected chi connectivity index (χ1v) is 11.3. The first-order valence-electron chi connectivity index (χ1n) is 11.3. The standard InChI is InChI=1S/C27H33N3O/c1-20-8-3-4-9-22(20)15-17-30(16-6-5-12-27(29)31)26-11-7-10-24-18-23(21(2)19-28)13-14-25(24)26/h3-4,8-9,13-14,18,26H,2,5-7,10-12,15-17H2,1H3,(H2,29,31). The largest absolute Gasteiger partial charge is 0.370 e. The fraction of sp³-hybridized carbons (Fsp3) is 0.407. The van der Waals surface area contributed by atoms with E-state index in [1.807, 2.05) is 6.07 Å². The van der Waals surface area contributed by atoms with Crippen LogP contribution in [-0.2, 0) is 17.6 Å². The van der Waals surface area contributed by atoms with Gasteiger partial charge in [-0.2, -0.15) is 5.26 Å². The molecule has 162 valence electrons. The Labute approximate surface area is 186 Å².